The Morgan fingerprint density at radius 2 is 1.86 bits per heavy atom. The van der Waals surface area contributed by atoms with Crippen molar-refractivity contribution in [1.82, 2.24) is 5.32 Å². The lowest BCUT2D eigenvalue weighted by molar-refractivity contribution is -0.129. The Morgan fingerprint density at radius 3 is 2.38 bits per heavy atom. The number of aryl methyl sites for hydroxylation is 1. The number of rotatable bonds is 5. The van der Waals surface area contributed by atoms with E-state index in [0.717, 1.165) is 17.7 Å². The molecule has 1 aromatic rings. The number of amides is 1. The second-order valence-electron chi connectivity index (χ2n) is 7.69. The first-order valence-corrected chi connectivity index (χ1v) is 7.54. The van der Waals surface area contributed by atoms with Gasteiger partial charge in [0.1, 0.15) is 5.75 Å². The summed E-state index contributed by atoms with van der Waals surface area (Å²) in [6, 6.07) is 7.74. The summed E-state index contributed by atoms with van der Waals surface area (Å²) in [6.45, 7) is 14.4. The molecule has 0 fully saturated rings. The zero-order valence-electron chi connectivity index (χ0n) is 14.4. The smallest absolute Gasteiger partial charge is 0.261 e. The fraction of sp³-hybridized carbons (Fsp3) is 0.611. The first-order chi connectivity index (χ1) is 9.48. The maximum Gasteiger partial charge on any atom is 0.261 e. The molecule has 0 aliphatic carbocycles. The van der Waals surface area contributed by atoms with Gasteiger partial charge in [-0.1, -0.05) is 32.9 Å². The Hall–Kier alpha value is -1.51. The van der Waals surface area contributed by atoms with Gasteiger partial charge in [-0.05, 0) is 57.2 Å². The van der Waals surface area contributed by atoms with Crippen molar-refractivity contribution in [2.24, 2.45) is 5.41 Å². The van der Waals surface area contributed by atoms with Gasteiger partial charge in [-0.3, -0.25) is 4.79 Å². The van der Waals surface area contributed by atoms with Crippen molar-refractivity contribution < 1.29 is 9.53 Å². The van der Waals surface area contributed by atoms with Crippen molar-refractivity contribution in [2.75, 3.05) is 0 Å². The number of hydrogen-bond acceptors (Lipinski definition) is 2. The van der Waals surface area contributed by atoms with E-state index in [1.807, 2.05) is 31.2 Å². The van der Waals surface area contributed by atoms with Crippen LogP contribution >= 0.6 is 0 Å². The molecule has 1 aromatic carbocycles. The molecular formula is C18H29NO2. The predicted octanol–water partition coefficient (Wildman–Crippen LogP) is 4.09. The largest absolute Gasteiger partial charge is 0.481 e. The molecule has 0 aliphatic rings. The molecule has 0 radical (unpaired) electrons. The quantitative estimate of drug-likeness (QED) is 0.887. The van der Waals surface area contributed by atoms with Gasteiger partial charge in [0, 0.05) is 5.54 Å². The van der Waals surface area contributed by atoms with Crippen LogP contribution in [0.5, 0.6) is 5.75 Å². The summed E-state index contributed by atoms with van der Waals surface area (Å²) in [5.41, 5.74) is 1.03. The van der Waals surface area contributed by atoms with E-state index in [-0.39, 0.29) is 16.9 Å². The topological polar surface area (TPSA) is 38.3 Å². The van der Waals surface area contributed by atoms with Crippen LogP contribution in [0.4, 0.5) is 0 Å². The van der Waals surface area contributed by atoms with E-state index < -0.39 is 6.10 Å². The molecule has 0 heterocycles. The van der Waals surface area contributed by atoms with Crippen LogP contribution in [-0.4, -0.2) is 17.6 Å². The minimum absolute atomic E-state index is 0.0780. The lowest BCUT2D eigenvalue weighted by Crippen LogP contribution is -2.50. The minimum atomic E-state index is -0.508. The number of carbonyl (C=O) groups excluding carboxylic acids is 1. The molecule has 1 rings (SSSR count). The van der Waals surface area contributed by atoms with Gasteiger partial charge in [0.05, 0.1) is 0 Å². The van der Waals surface area contributed by atoms with Crippen LogP contribution in [0.1, 0.15) is 53.5 Å². The van der Waals surface area contributed by atoms with E-state index in [4.69, 9.17) is 4.74 Å². The molecule has 0 spiro atoms. The highest BCUT2D eigenvalue weighted by molar-refractivity contribution is 5.81. The van der Waals surface area contributed by atoms with Crippen LogP contribution in [0.2, 0.25) is 0 Å². The number of benzene rings is 1. The van der Waals surface area contributed by atoms with Gasteiger partial charge in [0.15, 0.2) is 6.10 Å². The molecule has 1 amide bonds. The van der Waals surface area contributed by atoms with E-state index in [1.54, 1.807) is 6.92 Å². The molecule has 0 saturated carbocycles. The molecule has 3 heteroatoms. The lowest BCUT2D eigenvalue weighted by Gasteiger charge is -2.34. The minimum Gasteiger partial charge on any atom is -0.481 e. The Kier molecular flexibility index (Phi) is 5.43. The molecule has 0 unspecified atom stereocenters. The van der Waals surface area contributed by atoms with E-state index in [1.165, 1.54) is 0 Å². The molecule has 0 bridgehead atoms. The Morgan fingerprint density at radius 1 is 1.24 bits per heavy atom. The van der Waals surface area contributed by atoms with Crippen molar-refractivity contribution in [3.8, 4) is 5.75 Å². The summed E-state index contributed by atoms with van der Waals surface area (Å²) in [7, 11) is 0. The van der Waals surface area contributed by atoms with Gasteiger partial charge in [-0.25, -0.2) is 0 Å². The predicted molar refractivity (Wildman–Crippen MR) is 87.6 cm³/mol. The molecule has 0 aliphatic heterocycles. The van der Waals surface area contributed by atoms with Gasteiger partial charge < -0.3 is 10.1 Å². The summed E-state index contributed by atoms with van der Waals surface area (Å²) < 4.78 is 5.72. The molecule has 1 N–H and O–H groups in total. The summed E-state index contributed by atoms with van der Waals surface area (Å²) in [6.07, 6.45) is 0.397. The van der Waals surface area contributed by atoms with Gasteiger partial charge in [0.25, 0.3) is 5.91 Å². The third-order valence-corrected chi connectivity index (χ3v) is 3.11. The third-order valence-electron chi connectivity index (χ3n) is 3.11. The van der Waals surface area contributed by atoms with Crippen LogP contribution in [0.25, 0.3) is 0 Å². The Labute approximate surface area is 129 Å². The molecule has 1 atom stereocenters. The van der Waals surface area contributed by atoms with E-state index >= 15 is 0 Å². The maximum absolute atomic E-state index is 12.3. The molecule has 3 nitrogen and oxygen atoms in total. The van der Waals surface area contributed by atoms with Gasteiger partial charge in [-0.2, -0.15) is 0 Å². The van der Waals surface area contributed by atoms with Crippen LogP contribution in [0, 0.1) is 12.3 Å². The monoisotopic (exact) mass is 291 g/mol. The third kappa shape index (κ3) is 6.65. The summed E-state index contributed by atoms with van der Waals surface area (Å²) in [5, 5.41) is 3.08. The molecular weight excluding hydrogens is 262 g/mol. The van der Waals surface area contributed by atoms with Crippen molar-refractivity contribution >= 4 is 5.91 Å². The summed E-state index contributed by atoms with van der Waals surface area (Å²) >= 11 is 0. The molecule has 118 valence electrons. The molecule has 0 aromatic heterocycles. The van der Waals surface area contributed by atoms with E-state index in [0.29, 0.717) is 0 Å². The van der Waals surface area contributed by atoms with Crippen LogP contribution in [0.3, 0.4) is 0 Å². The SMILES string of the molecule is Cc1cccc(O[C@H](C)C(=O)NC(C)(C)CC(C)(C)C)c1. The second-order valence-corrected chi connectivity index (χ2v) is 7.69. The van der Waals surface area contributed by atoms with E-state index in [2.05, 4.69) is 39.9 Å². The van der Waals surface area contributed by atoms with Gasteiger partial charge >= 0.3 is 0 Å². The fourth-order valence-corrected chi connectivity index (χ4v) is 2.75. The number of ether oxygens (including phenoxy) is 1. The Balaban J connectivity index is 2.62. The van der Waals surface area contributed by atoms with Gasteiger partial charge in [-0.15, -0.1) is 0 Å². The highest BCUT2D eigenvalue weighted by Gasteiger charge is 2.29. The van der Waals surface area contributed by atoms with Crippen molar-refractivity contribution in [3.63, 3.8) is 0 Å². The van der Waals surface area contributed by atoms with Crippen LogP contribution in [-0.2, 0) is 4.79 Å². The second kappa shape index (κ2) is 6.50. The van der Waals surface area contributed by atoms with E-state index in [9.17, 15) is 4.79 Å². The van der Waals surface area contributed by atoms with Crippen molar-refractivity contribution in [3.05, 3.63) is 29.8 Å². The lowest BCUT2D eigenvalue weighted by atomic mass is 9.81. The Bertz CT molecular complexity index is 486. The van der Waals surface area contributed by atoms with Crippen LogP contribution in [0.15, 0.2) is 24.3 Å². The highest BCUT2D eigenvalue weighted by atomic mass is 16.5. The normalized spacial score (nSPS) is 13.7. The number of nitrogens with one attached hydrogen (secondary N) is 1. The molecule has 0 saturated heterocycles. The first kappa shape index (κ1) is 17.5. The fourth-order valence-electron chi connectivity index (χ4n) is 2.75. The summed E-state index contributed by atoms with van der Waals surface area (Å²) in [4.78, 5) is 12.3. The number of carbonyl (C=O) groups is 1. The van der Waals surface area contributed by atoms with Crippen molar-refractivity contribution in [1.29, 1.82) is 0 Å². The zero-order valence-corrected chi connectivity index (χ0v) is 14.4. The first-order valence-electron chi connectivity index (χ1n) is 7.54. The highest BCUT2D eigenvalue weighted by Crippen LogP contribution is 2.27. The van der Waals surface area contributed by atoms with Gasteiger partial charge in [0.2, 0.25) is 0 Å². The average molecular weight is 291 g/mol. The molecule has 21 heavy (non-hydrogen) atoms. The number of hydrogen-bond donors (Lipinski definition) is 1. The maximum atomic E-state index is 12.3. The zero-order chi connectivity index (χ0) is 16.3. The summed E-state index contributed by atoms with van der Waals surface area (Å²) in [5.74, 6) is 0.650. The average Bonchev–Trinajstić information content (AvgIpc) is 2.24. The van der Waals surface area contributed by atoms with Crippen molar-refractivity contribution in [2.45, 2.75) is 66.5 Å². The van der Waals surface area contributed by atoms with Crippen LogP contribution < -0.4 is 10.1 Å². The standard InChI is InChI=1S/C18H29NO2/c1-13-9-8-10-15(11-13)21-14(2)16(20)19-18(6,7)12-17(3,4)5/h8-11,14H,12H2,1-7H3,(H,19,20)/t14-/m1/s1.